The monoisotopic (exact) mass is 399 g/mol. The lowest BCUT2D eigenvalue weighted by molar-refractivity contribution is 0.0577. The van der Waals surface area contributed by atoms with Gasteiger partial charge < -0.3 is 15.5 Å². The first-order valence-electron chi connectivity index (χ1n) is 9.91. The van der Waals surface area contributed by atoms with Crippen molar-refractivity contribution in [3.63, 3.8) is 0 Å². The molecule has 2 bridgehead atoms. The Labute approximate surface area is 168 Å². The molecule has 3 atom stereocenters. The van der Waals surface area contributed by atoms with Gasteiger partial charge in [0.15, 0.2) is 0 Å². The molecule has 2 aliphatic heterocycles. The number of halogens is 2. The Bertz CT molecular complexity index is 889. The van der Waals surface area contributed by atoms with Crippen LogP contribution in [0.25, 0.3) is 0 Å². The SMILES string of the molecule is O=C(NC1C[C@H]2CCC[C@@H](C1)N2C(=O)Nc1ccc(F)cc1)c1cccc(F)c1. The molecule has 1 unspecified atom stereocenters. The highest BCUT2D eigenvalue weighted by Crippen LogP contribution is 2.34. The Morgan fingerprint density at radius 2 is 1.62 bits per heavy atom. The van der Waals surface area contributed by atoms with Gasteiger partial charge >= 0.3 is 6.03 Å². The smallest absolute Gasteiger partial charge is 0.322 e. The van der Waals surface area contributed by atoms with E-state index < -0.39 is 5.82 Å². The number of anilines is 1. The van der Waals surface area contributed by atoms with E-state index in [0.29, 0.717) is 24.1 Å². The van der Waals surface area contributed by atoms with Gasteiger partial charge in [-0.15, -0.1) is 0 Å². The lowest BCUT2D eigenvalue weighted by Gasteiger charge is -2.48. The van der Waals surface area contributed by atoms with Gasteiger partial charge in [-0.3, -0.25) is 4.79 Å². The van der Waals surface area contributed by atoms with Gasteiger partial charge in [0, 0.05) is 29.4 Å². The molecule has 2 saturated heterocycles. The van der Waals surface area contributed by atoms with Gasteiger partial charge in [-0.2, -0.15) is 0 Å². The van der Waals surface area contributed by atoms with Gasteiger partial charge in [-0.05, 0) is 74.6 Å². The molecule has 0 aromatic heterocycles. The quantitative estimate of drug-likeness (QED) is 0.808. The molecule has 2 aliphatic rings. The molecular weight excluding hydrogens is 376 g/mol. The van der Waals surface area contributed by atoms with Gasteiger partial charge in [0.05, 0.1) is 0 Å². The summed E-state index contributed by atoms with van der Waals surface area (Å²) in [5, 5.41) is 5.85. The lowest BCUT2D eigenvalue weighted by Crippen LogP contribution is -2.59. The van der Waals surface area contributed by atoms with Crippen LogP contribution in [0.15, 0.2) is 48.5 Å². The molecule has 2 aromatic carbocycles. The Hall–Kier alpha value is -2.96. The summed E-state index contributed by atoms with van der Waals surface area (Å²) in [5.41, 5.74) is 0.850. The standard InChI is InChI=1S/C22H23F2N3O2/c23-15-7-9-17(10-8-15)26-22(29)27-19-5-2-6-20(27)13-18(12-19)25-21(28)14-3-1-4-16(24)11-14/h1,3-4,7-11,18-20H,2,5-6,12-13H2,(H,25,28)(H,26,29)/t18?,19-,20+. The molecule has 29 heavy (non-hydrogen) atoms. The lowest BCUT2D eigenvalue weighted by atomic mass is 9.82. The van der Waals surface area contributed by atoms with Crippen molar-refractivity contribution in [1.82, 2.24) is 10.2 Å². The minimum atomic E-state index is -0.443. The van der Waals surface area contributed by atoms with Gasteiger partial charge in [-0.1, -0.05) is 6.07 Å². The molecule has 2 heterocycles. The first kappa shape index (κ1) is 19.4. The number of nitrogens with zero attached hydrogens (tertiary/aromatic N) is 1. The molecule has 2 N–H and O–H groups in total. The number of carbonyl (C=O) groups excluding carboxylic acids is 2. The largest absolute Gasteiger partial charge is 0.349 e. The van der Waals surface area contributed by atoms with Crippen LogP contribution in [0.3, 0.4) is 0 Å². The number of carbonyl (C=O) groups is 2. The fourth-order valence-electron chi connectivity index (χ4n) is 4.45. The first-order valence-corrected chi connectivity index (χ1v) is 9.91. The molecule has 7 heteroatoms. The van der Waals surface area contributed by atoms with E-state index in [1.807, 2.05) is 4.90 Å². The predicted octanol–water partition coefficient (Wildman–Crippen LogP) is 4.31. The Kier molecular flexibility index (Phi) is 5.47. The molecule has 3 amide bonds. The van der Waals surface area contributed by atoms with E-state index in [9.17, 15) is 18.4 Å². The van der Waals surface area contributed by atoms with Crippen LogP contribution in [0.5, 0.6) is 0 Å². The molecule has 2 fully saturated rings. The number of benzene rings is 2. The molecular formula is C22H23F2N3O2. The molecule has 5 nitrogen and oxygen atoms in total. The van der Waals surface area contributed by atoms with Crippen molar-refractivity contribution >= 4 is 17.6 Å². The number of hydrogen-bond acceptors (Lipinski definition) is 2. The van der Waals surface area contributed by atoms with Crippen molar-refractivity contribution in [2.45, 2.75) is 50.2 Å². The summed E-state index contributed by atoms with van der Waals surface area (Å²) in [6.07, 6.45) is 4.11. The van der Waals surface area contributed by atoms with Crippen LogP contribution in [0.1, 0.15) is 42.5 Å². The second kappa shape index (κ2) is 8.19. The highest BCUT2D eigenvalue weighted by Gasteiger charge is 2.41. The van der Waals surface area contributed by atoms with Gasteiger partial charge in [0.2, 0.25) is 0 Å². The molecule has 4 rings (SSSR count). The zero-order chi connectivity index (χ0) is 20.4. The van der Waals surface area contributed by atoms with Crippen LogP contribution in [0.2, 0.25) is 0 Å². The zero-order valence-electron chi connectivity index (χ0n) is 15.9. The van der Waals surface area contributed by atoms with Crippen molar-refractivity contribution in [3.05, 3.63) is 65.7 Å². The molecule has 0 aliphatic carbocycles. The number of nitrogens with one attached hydrogen (secondary N) is 2. The second-order valence-electron chi connectivity index (χ2n) is 7.74. The number of urea groups is 1. The van der Waals surface area contributed by atoms with Crippen LogP contribution in [0, 0.1) is 11.6 Å². The fraction of sp³-hybridized carbons (Fsp3) is 0.364. The normalized spacial score (nSPS) is 23.4. The Morgan fingerprint density at radius 3 is 2.28 bits per heavy atom. The van der Waals surface area contributed by atoms with E-state index in [4.69, 9.17) is 0 Å². The third-order valence-corrected chi connectivity index (χ3v) is 5.73. The van der Waals surface area contributed by atoms with Crippen molar-refractivity contribution in [2.24, 2.45) is 0 Å². The van der Waals surface area contributed by atoms with E-state index in [1.165, 1.54) is 42.5 Å². The summed E-state index contributed by atoms with van der Waals surface area (Å²) in [6, 6.07) is 11.1. The van der Waals surface area contributed by atoms with E-state index in [-0.39, 0.29) is 35.9 Å². The topological polar surface area (TPSA) is 61.4 Å². The maximum atomic E-state index is 13.4. The summed E-state index contributed by atoms with van der Waals surface area (Å²) in [6.45, 7) is 0. The third kappa shape index (κ3) is 4.39. The van der Waals surface area contributed by atoms with Gasteiger partial charge in [-0.25, -0.2) is 13.6 Å². The average Bonchev–Trinajstić information content (AvgIpc) is 2.69. The van der Waals surface area contributed by atoms with Gasteiger partial charge in [0.25, 0.3) is 5.91 Å². The van der Waals surface area contributed by atoms with Crippen LogP contribution in [0.4, 0.5) is 19.3 Å². The average molecular weight is 399 g/mol. The number of hydrogen-bond donors (Lipinski definition) is 2. The van der Waals surface area contributed by atoms with Crippen LogP contribution < -0.4 is 10.6 Å². The number of piperidine rings is 2. The first-order chi connectivity index (χ1) is 14.0. The second-order valence-corrected chi connectivity index (χ2v) is 7.74. The van der Waals surface area contributed by atoms with Gasteiger partial charge in [0.1, 0.15) is 11.6 Å². The number of amides is 3. The zero-order valence-corrected chi connectivity index (χ0v) is 15.9. The van der Waals surface area contributed by atoms with Crippen molar-refractivity contribution in [3.8, 4) is 0 Å². The van der Waals surface area contributed by atoms with Crippen LogP contribution >= 0.6 is 0 Å². The van der Waals surface area contributed by atoms with E-state index >= 15 is 0 Å². The third-order valence-electron chi connectivity index (χ3n) is 5.73. The minimum absolute atomic E-state index is 0.0285. The maximum Gasteiger partial charge on any atom is 0.322 e. The summed E-state index contributed by atoms with van der Waals surface area (Å²) in [7, 11) is 0. The molecule has 0 radical (unpaired) electrons. The van der Waals surface area contributed by atoms with E-state index in [2.05, 4.69) is 10.6 Å². The van der Waals surface area contributed by atoms with Crippen molar-refractivity contribution in [2.75, 3.05) is 5.32 Å². The summed E-state index contributed by atoms with van der Waals surface area (Å²) in [4.78, 5) is 27.2. The molecule has 152 valence electrons. The summed E-state index contributed by atoms with van der Waals surface area (Å²) in [5.74, 6) is -1.09. The minimum Gasteiger partial charge on any atom is -0.349 e. The van der Waals surface area contributed by atoms with Crippen LogP contribution in [-0.2, 0) is 0 Å². The summed E-state index contributed by atoms with van der Waals surface area (Å²) >= 11 is 0. The Balaban J connectivity index is 1.41. The molecule has 0 saturated carbocycles. The predicted molar refractivity (Wildman–Crippen MR) is 106 cm³/mol. The summed E-state index contributed by atoms with van der Waals surface area (Å²) < 4.78 is 26.5. The van der Waals surface area contributed by atoms with E-state index in [1.54, 1.807) is 6.07 Å². The Morgan fingerprint density at radius 1 is 0.931 bits per heavy atom. The van der Waals surface area contributed by atoms with Crippen molar-refractivity contribution < 1.29 is 18.4 Å². The maximum absolute atomic E-state index is 13.4. The highest BCUT2D eigenvalue weighted by molar-refractivity contribution is 5.94. The fourth-order valence-corrected chi connectivity index (χ4v) is 4.45. The number of fused-ring (bicyclic) bond motifs is 2. The van der Waals surface area contributed by atoms with Crippen molar-refractivity contribution in [1.29, 1.82) is 0 Å². The molecule has 2 aromatic rings. The highest BCUT2D eigenvalue weighted by atomic mass is 19.1. The van der Waals surface area contributed by atoms with E-state index in [0.717, 1.165) is 19.3 Å². The molecule has 0 spiro atoms. The van der Waals surface area contributed by atoms with Crippen LogP contribution in [-0.4, -0.2) is 35.0 Å². The number of rotatable bonds is 3.